The van der Waals surface area contributed by atoms with E-state index in [0.29, 0.717) is 12.4 Å². The van der Waals surface area contributed by atoms with E-state index in [9.17, 15) is 4.57 Å². The van der Waals surface area contributed by atoms with Gasteiger partial charge in [-0.25, -0.2) is 0 Å². The maximum atomic E-state index is 13.1. The highest BCUT2D eigenvalue weighted by molar-refractivity contribution is 7.68. The molecule has 2 atom stereocenters. The average molecular weight is 254 g/mol. The molecule has 0 fully saturated rings. The van der Waals surface area contributed by atoms with Crippen LogP contribution in [0.15, 0.2) is 24.3 Å². The highest BCUT2D eigenvalue weighted by atomic mass is 31.2. The van der Waals surface area contributed by atoms with Crippen molar-refractivity contribution in [1.29, 1.82) is 0 Å². The van der Waals surface area contributed by atoms with Gasteiger partial charge in [-0.05, 0) is 19.1 Å². The fraction of sp³-hybridized carbons (Fsp3) is 0.538. The van der Waals surface area contributed by atoms with Gasteiger partial charge in [0.15, 0.2) is 5.85 Å². The van der Waals surface area contributed by atoms with Gasteiger partial charge in [0.05, 0.1) is 11.9 Å². The molecule has 1 aliphatic heterocycles. The average Bonchev–Trinajstić information content (AvgIpc) is 2.53. The molecule has 1 heterocycles. The van der Waals surface area contributed by atoms with Crippen molar-refractivity contribution < 1.29 is 13.8 Å². The standard InChI is InChI=1S/C13H19O3P/c1-5-15-17(14)11-9-7-6-8-10(11)16-12(17)13(2,3)4/h6-9,12H,5H2,1-4H3. The van der Waals surface area contributed by atoms with Crippen LogP contribution < -0.4 is 10.0 Å². The van der Waals surface area contributed by atoms with E-state index in [4.69, 9.17) is 9.26 Å². The van der Waals surface area contributed by atoms with Gasteiger partial charge in [0, 0.05) is 5.41 Å². The first-order chi connectivity index (χ1) is 7.89. The summed E-state index contributed by atoms with van der Waals surface area (Å²) in [5.41, 5.74) is -0.219. The lowest BCUT2D eigenvalue weighted by Gasteiger charge is -2.30. The molecule has 0 saturated heterocycles. The minimum atomic E-state index is -2.91. The second-order valence-electron chi connectivity index (χ2n) is 5.32. The molecule has 1 aliphatic rings. The Hall–Kier alpha value is -0.790. The predicted octanol–water partition coefficient (Wildman–Crippen LogP) is 3.39. The van der Waals surface area contributed by atoms with Crippen LogP contribution in [0.2, 0.25) is 0 Å². The highest BCUT2D eigenvalue weighted by Gasteiger charge is 2.51. The lowest BCUT2D eigenvalue weighted by Crippen LogP contribution is -2.30. The molecule has 0 aromatic heterocycles. The van der Waals surface area contributed by atoms with E-state index in [1.54, 1.807) is 0 Å². The Bertz CT molecular complexity index is 462. The van der Waals surface area contributed by atoms with E-state index in [-0.39, 0.29) is 5.41 Å². The van der Waals surface area contributed by atoms with Gasteiger partial charge in [-0.2, -0.15) is 0 Å². The number of rotatable bonds is 2. The van der Waals surface area contributed by atoms with Gasteiger partial charge in [-0.15, -0.1) is 0 Å². The molecule has 17 heavy (non-hydrogen) atoms. The second-order valence-corrected chi connectivity index (χ2v) is 7.72. The molecule has 0 amide bonds. The largest absolute Gasteiger partial charge is 0.479 e. The van der Waals surface area contributed by atoms with Crippen LogP contribution in [0.5, 0.6) is 5.75 Å². The molecular weight excluding hydrogens is 235 g/mol. The lowest BCUT2D eigenvalue weighted by molar-refractivity contribution is 0.147. The fourth-order valence-corrected chi connectivity index (χ4v) is 5.06. The van der Waals surface area contributed by atoms with E-state index < -0.39 is 13.2 Å². The summed E-state index contributed by atoms with van der Waals surface area (Å²) < 4.78 is 24.5. The Morgan fingerprint density at radius 1 is 1.35 bits per heavy atom. The van der Waals surface area contributed by atoms with Crippen molar-refractivity contribution in [3.05, 3.63) is 24.3 Å². The number of fused-ring (bicyclic) bond motifs is 1. The molecule has 2 unspecified atom stereocenters. The Morgan fingerprint density at radius 2 is 2.00 bits per heavy atom. The molecule has 0 spiro atoms. The molecule has 0 aliphatic carbocycles. The first kappa shape index (κ1) is 12.7. The zero-order chi connectivity index (χ0) is 12.7. The fourth-order valence-electron chi connectivity index (χ4n) is 2.15. The molecule has 3 nitrogen and oxygen atoms in total. The zero-order valence-corrected chi connectivity index (χ0v) is 11.7. The van der Waals surface area contributed by atoms with Crippen molar-refractivity contribution in [2.24, 2.45) is 5.41 Å². The maximum absolute atomic E-state index is 13.1. The molecule has 0 radical (unpaired) electrons. The molecule has 0 saturated carbocycles. The van der Waals surface area contributed by atoms with Crippen molar-refractivity contribution in [1.82, 2.24) is 0 Å². The quantitative estimate of drug-likeness (QED) is 0.759. The van der Waals surface area contributed by atoms with Crippen molar-refractivity contribution in [3.8, 4) is 5.75 Å². The highest BCUT2D eigenvalue weighted by Crippen LogP contribution is 2.62. The minimum Gasteiger partial charge on any atom is -0.479 e. The van der Waals surface area contributed by atoms with Gasteiger partial charge in [0.1, 0.15) is 5.75 Å². The van der Waals surface area contributed by atoms with E-state index >= 15 is 0 Å². The van der Waals surface area contributed by atoms with Gasteiger partial charge in [0.25, 0.3) is 7.37 Å². The summed E-state index contributed by atoms with van der Waals surface area (Å²) in [5.74, 6) is 0.302. The molecule has 94 valence electrons. The maximum Gasteiger partial charge on any atom is 0.275 e. The summed E-state index contributed by atoms with van der Waals surface area (Å²) in [7, 11) is -2.91. The van der Waals surface area contributed by atoms with Gasteiger partial charge >= 0.3 is 0 Å². The van der Waals surface area contributed by atoms with Crippen LogP contribution in [0, 0.1) is 5.41 Å². The Labute approximate surface area is 103 Å². The van der Waals surface area contributed by atoms with E-state index in [1.165, 1.54) is 0 Å². The predicted molar refractivity (Wildman–Crippen MR) is 69.2 cm³/mol. The molecule has 2 rings (SSSR count). The smallest absolute Gasteiger partial charge is 0.275 e. The molecule has 1 aromatic carbocycles. The molecule has 1 aromatic rings. The molecule has 0 bridgehead atoms. The monoisotopic (exact) mass is 254 g/mol. The van der Waals surface area contributed by atoms with E-state index in [2.05, 4.69) is 0 Å². The van der Waals surface area contributed by atoms with Gasteiger partial charge < -0.3 is 9.26 Å². The summed E-state index contributed by atoms with van der Waals surface area (Å²) >= 11 is 0. The van der Waals surface area contributed by atoms with Crippen molar-refractivity contribution >= 4 is 12.7 Å². The van der Waals surface area contributed by atoms with Crippen LogP contribution in [0.4, 0.5) is 0 Å². The van der Waals surface area contributed by atoms with Gasteiger partial charge in [-0.3, -0.25) is 4.57 Å². The Balaban J connectivity index is 2.52. The van der Waals surface area contributed by atoms with Crippen molar-refractivity contribution in [2.75, 3.05) is 6.61 Å². The van der Waals surface area contributed by atoms with Crippen LogP contribution in [-0.2, 0) is 9.09 Å². The van der Waals surface area contributed by atoms with Gasteiger partial charge in [0.2, 0.25) is 0 Å². The Morgan fingerprint density at radius 3 is 2.59 bits per heavy atom. The first-order valence-electron chi connectivity index (χ1n) is 5.90. The SMILES string of the molecule is CCOP1(=O)c2ccccc2OC1C(C)(C)C. The Kier molecular flexibility index (Phi) is 3.09. The summed E-state index contributed by atoms with van der Waals surface area (Å²) in [6.07, 6.45) is 0. The number of ether oxygens (including phenoxy) is 1. The van der Waals surface area contributed by atoms with Gasteiger partial charge in [-0.1, -0.05) is 32.9 Å². The number of para-hydroxylation sites is 1. The topological polar surface area (TPSA) is 35.5 Å². The van der Waals surface area contributed by atoms with Crippen LogP contribution >= 0.6 is 7.37 Å². The van der Waals surface area contributed by atoms with Crippen LogP contribution in [-0.4, -0.2) is 12.5 Å². The molecule has 0 N–H and O–H groups in total. The summed E-state index contributed by atoms with van der Waals surface area (Å²) in [5, 5.41) is 0.724. The third-order valence-electron chi connectivity index (χ3n) is 2.81. The third kappa shape index (κ3) is 2.02. The van der Waals surface area contributed by atoms with Crippen LogP contribution in [0.3, 0.4) is 0 Å². The first-order valence-corrected chi connectivity index (χ1v) is 7.59. The van der Waals surface area contributed by atoms with Crippen molar-refractivity contribution in [3.63, 3.8) is 0 Å². The van der Waals surface area contributed by atoms with Crippen molar-refractivity contribution in [2.45, 2.75) is 33.5 Å². The third-order valence-corrected chi connectivity index (χ3v) is 5.99. The van der Waals surface area contributed by atoms with Crippen LogP contribution in [0.1, 0.15) is 27.7 Å². The number of hydrogen-bond acceptors (Lipinski definition) is 3. The number of hydrogen-bond donors (Lipinski definition) is 0. The van der Waals surface area contributed by atoms with E-state index in [1.807, 2.05) is 52.0 Å². The van der Waals surface area contributed by atoms with E-state index in [0.717, 1.165) is 5.30 Å². The molecular formula is C13H19O3P. The lowest BCUT2D eigenvalue weighted by atomic mass is 9.98. The summed E-state index contributed by atoms with van der Waals surface area (Å²) in [6, 6.07) is 7.46. The normalized spacial score (nSPS) is 27.6. The van der Waals surface area contributed by atoms with Crippen LogP contribution in [0.25, 0.3) is 0 Å². The number of benzene rings is 1. The minimum absolute atomic E-state index is 0.219. The molecule has 4 heteroatoms. The summed E-state index contributed by atoms with van der Waals surface area (Å²) in [6.45, 7) is 8.36. The second kappa shape index (κ2) is 4.15. The summed E-state index contributed by atoms with van der Waals surface area (Å²) in [4.78, 5) is 0. The zero-order valence-electron chi connectivity index (χ0n) is 10.8.